The second-order valence-corrected chi connectivity index (χ2v) is 8.72. The minimum atomic E-state index is -3.62. The number of nitrogens with one attached hydrogen (secondary N) is 1. The van der Waals surface area contributed by atoms with Crippen molar-refractivity contribution in [2.75, 3.05) is 26.2 Å². The van der Waals surface area contributed by atoms with Crippen LogP contribution in [0.5, 0.6) is 5.75 Å². The molecule has 0 aliphatic carbocycles. The lowest BCUT2D eigenvalue weighted by Crippen LogP contribution is -2.51. The highest BCUT2D eigenvalue weighted by atomic mass is 32.2. The van der Waals surface area contributed by atoms with Crippen molar-refractivity contribution in [3.8, 4) is 5.75 Å². The highest BCUT2D eigenvalue weighted by Crippen LogP contribution is 2.36. The summed E-state index contributed by atoms with van der Waals surface area (Å²) in [5.74, 6) is 0.280. The Balaban J connectivity index is 1.49. The molecule has 2 aliphatic rings. The molecule has 0 unspecified atom stereocenters. The fourth-order valence-corrected chi connectivity index (χ4v) is 4.81. The predicted octanol–water partition coefficient (Wildman–Crippen LogP) is 1.07. The van der Waals surface area contributed by atoms with E-state index in [0.717, 1.165) is 0 Å². The number of hydrogen-bond acceptors (Lipinski definition) is 6. The SMILES string of the molecule is O=C(c1ccnnc1)N1CCC2(CC1)CNS(=O)(=O)c1ccccc1OC2. The summed E-state index contributed by atoms with van der Waals surface area (Å²) < 4.78 is 33.7. The van der Waals surface area contributed by atoms with Crippen molar-refractivity contribution in [2.45, 2.75) is 17.7 Å². The Bertz CT molecular complexity index is 941. The monoisotopic (exact) mass is 388 g/mol. The van der Waals surface area contributed by atoms with E-state index in [0.29, 0.717) is 50.4 Å². The van der Waals surface area contributed by atoms with Crippen molar-refractivity contribution in [3.63, 3.8) is 0 Å². The Morgan fingerprint density at radius 3 is 2.67 bits per heavy atom. The van der Waals surface area contributed by atoms with Crippen molar-refractivity contribution in [3.05, 3.63) is 48.3 Å². The van der Waals surface area contributed by atoms with Crippen LogP contribution in [-0.4, -0.2) is 55.7 Å². The van der Waals surface area contributed by atoms with Crippen molar-refractivity contribution < 1.29 is 17.9 Å². The molecule has 0 atom stereocenters. The lowest BCUT2D eigenvalue weighted by atomic mass is 9.79. The first kappa shape index (κ1) is 17.9. The number of nitrogens with zero attached hydrogens (tertiary/aromatic N) is 3. The number of ether oxygens (including phenoxy) is 1. The van der Waals surface area contributed by atoms with E-state index < -0.39 is 10.0 Å². The van der Waals surface area contributed by atoms with Crippen LogP contribution in [0.4, 0.5) is 0 Å². The van der Waals surface area contributed by atoms with E-state index in [1.54, 1.807) is 35.2 Å². The quantitative estimate of drug-likeness (QED) is 0.784. The highest BCUT2D eigenvalue weighted by molar-refractivity contribution is 7.89. The zero-order valence-corrected chi connectivity index (χ0v) is 15.5. The van der Waals surface area contributed by atoms with Crippen molar-refractivity contribution in [1.29, 1.82) is 0 Å². The van der Waals surface area contributed by atoms with Crippen molar-refractivity contribution in [1.82, 2.24) is 19.8 Å². The molecule has 27 heavy (non-hydrogen) atoms. The lowest BCUT2D eigenvalue weighted by molar-refractivity contribution is 0.0420. The molecule has 1 N–H and O–H groups in total. The first-order valence-corrected chi connectivity index (χ1v) is 10.2. The minimum absolute atomic E-state index is 0.0857. The van der Waals surface area contributed by atoms with Gasteiger partial charge in [0.1, 0.15) is 10.6 Å². The molecule has 1 saturated heterocycles. The van der Waals surface area contributed by atoms with Crippen LogP contribution in [0.15, 0.2) is 47.6 Å². The van der Waals surface area contributed by atoms with E-state index in [1.807, 2.05) is 0 Å². The summed E-state index contributed by atoms with van der Waals surface area (Å²) in [5.41, 5.74) is 0.165. The number of sulfonamides is 1. The average Bonchev–Trinajstić information content (AvgIpc) is 2.71. The van der Waals surface area contributed by atoms with Crippen LogP contribution in [0.3, 0.4) is 0 Å². The van der Waals surface area contributed by atoms with Crippen molar-refractivity contribution >= 4 is 15.9 Å². The third kappa shape index (κ3) is 3.52. The summed E-state index contributed by atoms with van der Waals surface area (Å²) in [5, 5.41) is 7.44. The topological polar surface area (TPSA) is 101 Å². The molecule has 1 aromatic heterocycles. The van der Waals surface area contributed by atoms with Gasteiger partial charge in [-0.2, -0.15) is 10.2 Å². The summed E-state index contributed by atoms with van der Waals surface area (Å²) in [6.45, 7) is 1.77. The Morgan fingerprint density at radius 1 is 1.15 bits per heavy atom. The van der Waals surface area contributed by atoms with E-state index in [1.165, 1.54) is 12.4 Å². The maximum Gasteiger partial charge on any atom is 0.255 e. The number of likely N-dealkylation sites (tertiary alicyclic amines) is 1. The average molecular weight is 388 g/mol. The van der Waals surface area contributed by atoms with Crippen LogP contribution in [0.25, 0.3) is 0 Å². The van der Waals surface area contributed by atoms with Gasteiger partial charge in [0.25, 0.3) is 5.91 Å². The van der Waals surface area contributed by atoms with Gasteiger partial charge in [-0.3, -0.25) is 4.79 Å². The molecule has 3 heterocycles. The van der Waals surface area contributed by atoms with Gasteiger partial charge < -0.3 is 9.64 Å². The minimum Gasteiger partial charge on any atom is -0.492 e. The number of hydrogen-bond donors (Lipinski definition) is 1. The second kappa shape index (κ2) is 6.90. The number of para-hydroxylation sites is 1. The van der Waals surface area contributed by atoms with Gasteiger partial charge in [-0.1, -0.05) is 12.1 Å². The van der Waals surface area contributed by atoms with Crippen LogP contribution in [-0.2, 0) is 10.0 Å². The number of carbonyl (C=O) groups excluding carboxylic acids is 1. The fourth-order valence-electron chi connectivity index (χ4n) is 3.50. The normalized spacial score (nSPS) is 20.8. The zero-order chi connectivity index (χ0) is 18.9. The van der Waals surface area contributed by atoms with Gasteiger partial charge in [0.15, 0.2) is 0 Å². The molecule has 2 aliphatic heterocycles. The summed E-state index contributed by atoms with van der Waals surface area (Å²) in [6.07, 6.45) is 4.26. The number of piperidine rings is 1. The smallest absolute Gasteiger partial charge is 0.255 e. The largest absolute Gasteiger partial charge is 0.492 e. The molecule has 0 saturated carbocycles. The molecule has 1 fully saturated rings. The maximum atomic E-state index is 12.6. The Hall–Kier alpha value is -2.52. The third-order valence-corrected chi connectivity index (χ3v) is 6.69. The molecule has 1 spiro atoms. The third-order valence-electron chi connectivity index (χ3n) is 5.25. The Kier molecular flexibility index (Phi) is 4.56. The molecule has 2 aromatic rings. The molecule has 142 valence electrons. The standard InChI is InChI=1S/C18H20N4O4S/c23-17(14-5-8-19-20-11-14)22-9-6-18(7-10-22)12-21-27(24,25)16-4-2-1-3-15(16)26-13-18/h1-5,8,11,21H,6-7,9-10,12-13H2. The van der Waals surface area contributed by atoms with Crippen LogP contribution in [0.1, 0.15) is 23.2 Å². The number of fused-ring (bicyclic) bond motifs is 1. The van der Waals surface area contributed by atoms with E-state index in [-0.39, 0.29) is 16.2 Å². The molecule has 9 heteroatoms. The van der Waals surface area contributed by atoms with Crippen molar-refractivity contribution in [2.24, 2.45) is 5.41 Å². The summed E-state index contributed by atoms with van der Waals surface area (Å²) >= 11 is 0. The molecule has 0 radical (unpaired) electrons. The molecule has 1 aromatic carbocycles. The summed E-state index contributed by atoms with van der Waals surface area (Å²) in [6, 6.07) is 8.29. The van der Waals surface area contributed by atoms with Gasteiger partial charge in [0.05, 0.1) is 24.6 Å². The molecule has 0 bridgehead atoms. The summed E-state index contributed by atoms with van der Waals surface area (Å²) in [4.78, 5) is 14.5. The van der Waals surface area contributed by atoms with Gasteiger partial charge in [0.2, 0.25) is 10.0 Å². The zero-order valence-electron chi connectivity index (χ0n) is 14.7. The number of carbonyl (C=O) groups is 1. The molecular weight excluding hydrogens is 368 g/mol. The van der Waals surface area contributed by atoms with Crippen LogP contribution < -0.4 is 9.46 Å². The van der Waals surface area contributed by atoms with Gasteiger partial charge in [-0.15, -0.1) is 0 Å². The second-order valence-electron chi connectivity index (χ2n) is 6.98. The van der Waals surface area contributed by atoms with E-state index in [9.17, 15) is 13.2 Å². The molecular formula is C18H20N4O4S. The number of amides is 1. The predicted molar refractivity (Wildman–Crippen MR) is 96.7 cm³/mol. The maximum absolute atomic E-state index is 12.6. The van der Waals surface area contributed by atoms with E-state index >= 15 is 0 Å². The van der Waals surface area contributed by atoms with E-state index in [2.05, 4.69) is 14.9 Å². The van der Waals surface area contributed by atoms with Gasteiger partial charge in [-0.25, -0.2) is 13.1 Å². The van der Waals surface area contributed by atoms with Crippen LogP contribution in [0, 0.1) is 5.41 Å². The van der Waals surface area contributed by atoms with Gasteiger partial charge in [-0.05, 0) is 31.0 Å². The van der Waals surface area contributed by atoms with Crippen LogP contribution in [0.2, 0.25) is 0 Å². The highest BCUT2D eigenvalue weighted by Gasteiger charge is 2.40. The molecule has 1 amide bonds. The number of rotatable bonds is 1. The fraction of sp³-hybridized carbons (Fsp3) is 0.389. The first-order chi connectivity index (χ1) is 13.0. The number of aromatic nitrogens is 2. The Labute approximate surface area is 157 Å². The van der Waals surface area contributed by atoms with Crippen LogP contribution >= 0.6 is 0 Å². The molecule has 4 rings (SSSR count). The summed E-state index contributed by atoms with van der Waals surface area (Å²) in [7, 11) is -3.62. The number of benzene rings is 1. The lowest BCUT2D eigenvalue weighted by Gasteiger charge is -2.42. The van der Waals surface area contributed by atoms with E-state index in [4.69, 9.17) is 4.74 Å². The van der Waals surface area contributed by atoms with Gasteiger partial charge in [0, 0.05) is 25.0 Å². The Morgan fingerprint density at radius 2 is 1.93 bits per heavy atom. The molecule has 8 nitrogen and oxygen atoms in total. The first-order valence-electron chi connectivity index (χ1n) is 8.77. The van der Waals surface area contributed by atoms with Gasteiger partial charge >= 0.3 is 0 Å².